The molecule has 4 heteroatoms. The molecule has 0 spiro atoms. The minimum Gasteiger partial charge on any atom is -0.338 e. The molecule has 1 aromatic carbocycles. The van der Waals surface area contributed by atoms with Crippen molar-refractivity contribution in [2.75, 3.05) is 13.6 Å². The van der Waals surface area contributed by atoms with Gasteiger partial charge in [-0.3, -0.25) is 4.79 Å². The summed E-state index contributed by atoms with van der Waals surface area (Å²) in [6, 6.07) is 5.28. The second kappa shape index (κ2) is 5.33. The number of nitrogens with zero attached hydrogens (tertiary/aromatic N) is 1. The Hall–Kier alpha value is -0.800. The molecular formula is C11H11BrClNO. The van der Waals surface area contributed by atoms with Crippen LogP contribution in [-0.4, -0.2) is 24.4 Å². The average Bonchev–Trinajstić information content (AvgIpc) is 2.21. The fourth-order valence-electron chi connectivity index (χ4n) is 1.15. The Morgan fingerprint density at radius 1 is 1.67 bits per heavy atom. The Morgan fingerprint density at radius 2 is 2.33 bits per heavy atom. The van der Waals surface area contributed by atoms with Gasteiger partial charge in [-0.1, -0.05) is 23.7 Å². The van der Waals surface area contributed by atoms with E-state index < -0.39 is 0 Å². The van der Waals surface area contributed by atoms with E-state index in [4.69, 9.17) is 11.6 Å². The van der Waals surface area contributed by atoms with E-state index in [1.807, 2.05) is 0 Å². The molecule has 0 fully saturated rings. The van der Waals surface area contributed by atoms with E-state index in [0.29, 0.717) is 17.1 Å². The summed E-state index contributed by atoms with van der Waals surface area (Å²) < 4.78 is 0.724. The van der Waals surface area contributed by atoms with E-state index in [9.17, 15) is 4.79 Å². The second-order valence-electron chi connectivity index (χ2n) is 3.08. The first-order valence-electron chi connectivity index (χ1n) is 4.38. The Bertz CT molecular complexity index is 392. The predicted octanol–water partition coefficient (Wildman–Crippen LogP) is 3.36. The fraction of sp³-hybridized carbons (Fsp3) is 0.182. The largest absolute Gasteiger partial charge is 0.338 e. The molecule has 0 aromatic heterocycles. The summed E-state index contributed by atoms with van der Waals surface area (Å²) in [4.78, 5) is 13.4. The first kappa shape index (κ1) is 12.3. The van der Waals surface area contributed by atoms with Crippen LogP contribution in [0.25, 0.3) is 0 Å². The fourth-order valence-corrected chi connectivity index (χ4v) is 1.72. The van der Waals surface area contributed by atoms with Crippen LogP contribution in [0.15, 0.2) is 35.3 Å². The third-order valence-corrected chi connectivity index (χ3v) is 3.23. The summed E-state index contributed by atoms with van der Waals surface area (Å²) in [6.07, 6.45) is 1.67. The van der Waals surface area contributed by atoms with Gasteiger partial charge in [0.15, 0.2) is 0 Å². The SMILES string of the molecule is C=CCN(C)C(=O)c1cccc(Br)c1Cl. The van der Waals surface area contributed by atoms with Gasteiger partial charge < -0.3 is 4.90 Å². The number of amides is 1. The maximum absolute atomic E-state index is 11.9. The van der Waals surface area contributed by atoms with Crippen LogP contribution >= 0.6 is 27.5 Å². The van der Waals surface area contributed by atoms with Crippen LogP contribution in [0.1, 0.15) is 10.4 Å². The van der Waals surface area contributed by atoms with Crippen LogP contribution < -0.4 is 0 Å². The second-order valence-corrected chi connectivity index (χ2v) is 4.31. The molecule has 0 aliphatic rings. The maximum Gasteiger partial charge on any atom is 0.255 e. The maximum atomic E-state index is 11.9. The highest BCUT2D eigenvalue weighted by atomic mass is 79.9. The molecule has 0 N–H and O–H groups in total. The topological polar surface area (TPSA) is 20.3 Å². The van der Waals surface area contributed by atoms with Crippen molar-refractivity contribution in [3.63, 3.8) is 0 Å². The van der Waals surface area contributed by atoms with Crippen molar-refractivity contribution in [2.45, 2.75) is 0 Å². The molecule has 1 amide bonds. The number of likely N-dealkylation sites (N-methyl/N-ethyl adjacent to an activating group) is 1. The molecule has 0 atom stereocenters. The van der Waals surface area contributed by atoms with Crippen LogP contribution in [-0.2, 0) is 0 Å². The monoisotopic (exact) mass is 287 g/mol. The van der Waals surface area contributed by atoms with Crippen molar-refractivity contribution in [3.8, 4) is 0 Å². The van der Waals surface area contributed by atoms with Gasteiger partial charge in [-0.05, 0) is 28.1 Å². The van der Waals surface area contributed by atoms with Crippen molar-refractivity contribution in [3.05, 3.63) is 45.9 Å². The smallest absolute Gasteiger partial charge is 0.255 e. The van der Waals surface area contributed by atoms with Gasteiger partial charge >= 0.3 is 0 Å². The lowest BCUT2D eigenvalue weighted by atomic mass is 10.2. The van der Waals surface area contributed by atoms with Gasteiger partial charge in [-0.15, -0.1) is 6.58 Å². The van der Waals surface area contributed by atoms with E-state index in [1.54, 1.807) is 36.2 Å². The van der Waals surface area contributed by atoms with Crippen molar-refractivity contribution in [1.82, 2.24) is 4.90 Å². The standard InChI is InChI=1S/C11H11BrClNO/c1-3-7-14(2)11(15)8-5-4-6-9(12)10(8)13/h3-6H,1,7H2,2H3. The predicted molar refractivity (Wildman–Crippen MR) is 66.3 cm³/mol. The van der Waals surface area contributed by atoms with Crippen molar-refractivity contribution < 1.29 is 4.79 Å². The normalized spacial score (nSPS) is 9.80. The summed E-state index contributed by atoms with van der Waals surface area (Å²) in [7, 11) is 1.71. The zero-order valence-corrected chi connectivity index (χ0v) is 10.7. The van der Waals surface area contributed by atoms with Gasteiger partial charge in [0.05, 0.1) is 10.6 Å². The third kappa shape index (κ3) is 2.83. The lowest BCUT2D eigenvalue weighted by Crippen LogP contribution is -2.26. The highest BCUT2D eigenvalue weighted by molar-refractivity contribution is 9.10. The molecule has 1 rings (SSSR count). The zero-order valence-electron chi connectivity index (χ0n) is 8.34. The number of halogens is 2. The van der Waals surface area contributed by atoms with Crippen LogP contribution in [0.2, 0.25) is 5.02 Å². The number of benzene rings is 1. The first-order chi connectivity index (χ1) is 7.07. The summed E-state index contributed by atoms with van der Waals surface area (Å²) >= 11 is 9.29. The molecule has 0 bridgehead atoms. The highest BCUT2D eigenvalue weighted by Gasteiger charge is 2.15. The molecule has 0 saturated heterocycles. The number of rotatable bonds is 3. The summed E-state index contributed by atoms with van der Waals surface area (Å²) in [5.41, 5.74) is 0.496. The van der Waals surface area contributed by atoms with Crippen LogP contribution in [0.4, 0.5) is 0 Å². The molecular weight excluding hydrogens is 277 g/mol. The molecule has 2 nitrogen and oxygen atoms in total. The van der Waals surface area contributed by atoms with E-state index in [1.165, 1.54) is 0 Å². The van der Waals surface area contributed by atoms with Gasteiger partial charge in [0, 0.05) is 18.1 Å². The summed E-state index contributed by atoms with van der Waals surface area (Å²) in [5, 5.41) is 0.443. The van der Waals surface area contributed by atoms with Gasteiger partial charge in [0.2, 0.25) is 0 Å². The minimum atomic E-state index is -0.110. The molecule has 0 aliphatic heterocycles. The van der Waals surface area contributed by atoms with E-state index in [0.717, 1.165) is 4.47 Å². The van der Waals surface area contributed by atoms with E-state index >= 15 is 0 Å². The Morgan fingerprint density at radius 3 is 2.93 bits per heavy atom. The van der Waals surface area contributed by atoms with Crippen LogP contribution in [0.3, 0.4) is 0 Å². The highest BCUT2D eigenvalue weighted by Crippen LogP contribution is 2.26. The molecule has 0 unspecified atom stereocenters. The lowest BCUT2D eigenvalue weighted by Gasteiger charge is -2.15. The van der Waals surface area contributed by atoms with Crippen molar-refractivity contribution in [1.29, 1.82) is 0 Å². The summed E-state index contributed by atoms with van der Waals surface area (Å²) in [5.74, 6) is -0.110. The van der Waals surface area contributed by atoms with E-state index in [-0.39, 0.29) is 5.91 Å². The van der Waals surface area contributed by atoms with Crippen molar-refractivity contribution in [2.24, 2.45) is 0 Å². The van der Waals surface area contributed by atoms with Gasteiger partial charge in [0.1, 0.15) is 0 Å². The Balaban J connectivity index is 3.01. The first-order valence-corrected chi connectivity index (χ1v) is 5.55. The number of carbonyl (C=O) groups is 1. The summed E-state index contributed by atoms with van der Waals surface area (Å²) in [6.45, 7) is 4.08. The van der Waals surface area contributed by atoms with Crippen molar-refractivity contribution >= 4 is 33.4 Å². The zero-order chi connectivity index (χ0) is 11.4. The quantitative estimate of drug-likeness (QED) is 0.781. The van der Waals surface area contributed by atoms with E-state index in [2.05, 4.69) is 22.5 Å². The van der Waals surface area contributed by atoms with Crippen LogP contribution in [0.5, 0.6) is 0 Å². The molecule has 80 valence electrons. The Labute approximate surface area is 103 Å². The molecule has 0 heterocycles. The van der Waals surface area contributed by atoms with Gasteiger partial charge in [-0.25, -0.2) is 0 Å². The Kier molecular flexibility index (Phi) is 4.36. The number of hydrogen-bond donors (Lipinski definition) is 0. The molecule has 1 aromatic rings. The van der Waals surface area contributed by atoms with Gasteiger partial charge in [0.25, 0.3) is 5.91 Å². The minimum absolute atomic E-state index is 0.110. The lowest BCUT2D eigenvalue weighted by molar-refractivity contribution is 0.0810. The van der Waals surface area contributed by atoms with Gasteiger partial charge in [-0.2, -0.15) is 0 Å². The molecule has 0 aliphatic carbocycles. The molecule has 0 radical (unpaired) electrons. The molecule has 0 saturated carbocycles. The molecule has 15 heavy (non-hydrogen) atoms. The average molecular weight is 289 g/mol. The third-order valence-electron chi connectivity index (χ3n) is 1.93. The number of carbonyl (C=O) groups excluding carboxylic acids is 1. The van der Waals surface area contributed by atoms with Crippen LogP contribution in [0, 0.1) is 0 Å². The number of hydrogen-bond acceptors (Lipinski definition) is 1.